The Bertz CT molecular complexity index is 799. The molecule has 0 amide bonds. The maximum Gasteiger partial charge on any atom is 0.191 e. The molecule has 0 aliphatic carbocycles. The molecule has 2 atom stereocenters. The Morgan fingerprint density at radius 2 is 2.00 bits per heavy atom. The van der Waals surface area contributed by atoms with Crippen LogP contribution in [0.3, 0.4) is 0 Å². The number of guanidine groups is 1. The van der Waals surface area contributed by atoms with Crippen LogP contribution in [-0.2, 0) is 0 Å². The summed E-state index contributed by atoms with van der Waals surface area (Å²) in [6, 6.07) is 10.6. The number of benzene rings is 2. The number of aliphatic imine (C=N–C) groups is 1. The van der Waals surface area contributed by atoms with Crippen LogP contribution in [0.15, 0.2) is 47.5 Å². The van der Waals surface area contributed by atoms with E-state index in [2.05, 4.69) is 15.6 Å². The zero-order valence-corrected chi connectivity index (χ0v) is 16.4. The number of hydrogen-bond donors (Lipinski definition) is 3. The molecule has 0 aliphatic heterocycles. The molecule has 152 valence electrons. The van der Waals surface area contributed by atoms with Gasteiger partial charge in [-0.25, -0.2) is 8.78 Å². The Balaban J connectivity index is 1.93. The summed E-state index contributed by atoms with van der Waals surface area (Å²) in [5.41, 5.74) is 1.40. The van der Waals surface area contributed by atoms with Gasteiger partial charge in [0.1, 0.15) is 30.1 Å². The molecule has 3 N–H and O–H groups in total. The van der Waals surface area contributed by atoms with Crippen LogP contribution in [0.25, 0.3) is 0 Å². The molecule has 0 saturated heterocycles. The summed E-state index contributed by atoms with van der Waals surface area (Å²) >= 11 is 0. The van der Waals surface area contributed by atoms with Crippen LogP contribution in [0.4, 0.5) is 8.78 Å². The van der Waals surface area contributed by atoms with E-state index in [1.165, 1.54) is 12.1 Å². The Hall–Kier alpha value is -2.67. The summed E-state index contributed by atoms with van der Waals surface area (Å²) in [6.45, 7) is 6.43. The molecule has 2 unspecified atom stereocenters. The molecule has 0 bridgehead atoms. The second kappa shape index (κ2) is 10.6. The lowest BCUT2D eigenvalue weighted by Crippen LogP contribution is -2.39. The molecular weight excluding hydrogens is 364 g/mol. The number of rotatable bonds is 8. The van der Waals surface area contributed by atoms with Crippen molar-refractivity contribution < 1.29 is 18.6 Å². The molecular formula is C21H27F2N3O2. The van der Waals surface area contributed by atoms with Gasteiger partial charge in [0, 0.05) is 18.2 Å². The third-order valence-corrected chi connectivity index (χ3v) is 4.02. The smallest absolute Gasteiger partial charge is 0.191 e. The fourth-order valence-corrected chi connectivity index (χ4v) is 2.60. The van der Waals surface area contributed by atoms with Gasteiger partial charge in [0.25, 0.3) is 0 Å². The Morgan fingerprint density at radius 1 is 1.21 bits per heavy atom. The van der Waals surface area contributed by atoms with Crippen LogP contribution in [-0.4, -0.2) is 36.9 Å². The van der Waals surface area contributed by atoms with E-state index < -0.39 is 23.8 Å². The molecule has 0 spiro atoms. The van der Waals surface area contributed by atoms with Crippen LogP contribution in [0, 0.1) is 18.6 Å². The van der Waals surface area contributed by atoms with E-state index in [-0.39, 0.29) is 13.2 Å². The van der Waals surface area contributed by atoms with Crippen molar-refractivity contribution in [3.63, 3.8) is 0 Å². The van der Waals surface area contributed by atoms with Crippen LogP contribution < -0.4 is 15.4 Å². The quantitative estimate of drug-likeness (QED) is 0.477. The molecule has 0 fully saturated rings. The molecule has 28 heavy (non-hydrogen) atoms. The van der Waals surface area contributed by atoms with Crippen molar-refractivity contribution in [2.75, 3.05) is 19.7 Å². The normalized spacial score (nSPS) is 13.7. The summed E-state index contributed by atoms with van der Waals surface area (Å²) in [5.74, 6) is -0.130. The molecule has 0 radical (unpaired) electrons. The van der Waals surface area contributed by atoms with Crippen molar-refractivity contribution in [2.24, 2.45) is 4.99 Å². The predicted molar refractivity (Wildman–Crippen MR) is 107 cm³/mol. The highest BCUT2D eigenvalue weighted by atomic mass is 19.1. The first-order valence-corrected chi connectivity index (χ1v) is 9.26. The molecule has 5 nitrogen and oxygen atoms in total. The fourth-order valence-electron chi connectivity index (χ4n) is 2.60. The van der Waals surface area contributed by atoms with Crippen molar-refractivity contribution in [2.45, 2.75) is 32.9 Å². The zero-order chi connectivity index (χ0) is 20.5. The van der Waals surface area contributed by atoms with E-state index in [0.29, 0.717) is 23.8 Å². The molecule has 0 heterocycles. The average Bonchev–Trinajstić information content (AvgIpc) is 2.64. The van der Waals surface area contributed by atoms with Crippen LogP contribution in [0.1, 0.15) is 31.0 Å². The number of aryl methyl sites for hydroxylation is 1. The second-order valence-corrected chi connectivity index (χ2v) is 6.53. The molecule has 2 aromatic carbocycles. The third-order valence-electron chi connectivity index (χ3n) is 4.02. The number of nitrogens with one attached hydrogen (secondary N) is 2. The monoisotopic (exact) mass is 391 g/mol. The number of halogens is 2. The first-order valence-electron chi connectivity index (χ1n) is 9.26. The highest BCUT2D eigenvalue weighted by Gasteiger charge is 2.14. The van der Waals surface area contributed by atoms with Gasteiger partial charge in [0.05, 0.1) is 12.6 Å². The van der Waals surface area contributed by atoms with Crippen molar-refractivity contribution in [3.05, 3.63) is 65.2 Å². The summed E-state index contributed by atoms with van der Waals surface area (Å²) in [5, 5.41) is 16.2. The molecule has 7 heteroatoms. The minimum Gasteiger partial charge on any atom is -0.491 e. The summed E-state index contributed by atoms with van der Waals surface area (Å²) < 4.78 is 32.6. The van der Waals surface area contributed by atoms with E-state index >= 15 is 0 Å². The zero-order valence-electron chi connectivity index (χ0n) is 16.4. The van der Waals surface area contributed by atoms with Crippen molar-refractivity contribution in [1.82, 2.24) is 10.6 Å². The number of hydrogen-bond acceptors (Lipinski definition) is 3. The minimum absolute atomic E-state index is 0.106. The summed E-state index contributed by atoms with van der Waals surface area (Å²) in [7, 11) is 0. The maximum atomic E-state index is 13.9. The van der Waals surface area contributed by atoms with Crippen molar-refractivity contribution in [1.29, 1.82) is 0 Å². The van der Waals surface area contributed by atoms with Gasteiger partial charge in [-0.05, 0) is 44.5 Å². The first-order chi connectivity index (χ1) is 13.4. The average molecular weight is 391 g/mol. The van der Waals surface area contributed by atoms with E-state index in [0.717, 1.165) is 11.6 Å². The molecule has 0 aromatic heterocycles. The topological polar surface area (TPSA) is 65.9 Å². The van der Waals surface area contributed by atoms with Gasteiger partial charge >= 0.3 is 0 Å². The van der Waals surface area contributed by atoms with Crippen LogP contribution in [0.2, 0.25) is 0 Å². The first kappa shape index (κ1) is 21.6. The van der Waals surface area contributed by atoms with Gasteiger partial charge < -0.3 is 20.5 Å². The Kier molecular flexibility index (Phi) is 8.19. The van der Waals surface area contributed by atoms with Crippen molar-refractivity contribution >= 4 is 5.96 Å². The molecule has 0 saturated carbocycles. The largest absolute Gasteiger partial charge is 0.491 e. The van der Waals surface area contributed by atoms with E-state index in [9.17, 15) is 13.9 Å². The van der Waals surface area contributed by atoms with Crippen LogP contribution >= 0.6 is 0 Å². The summed E-state index contributed by atoms with van der Waals surface area (Å²) in [6.07, 6.45) is -0.797. The van der Waals surface area contributed by atoms with Crippen molar-refractivity contribution in [3.8, 4) is 5.75 Å². The molecule has 0 aliphatic rings. The molecule has 2 rings (SSSR count). The number of nitrogens with zero attached hydrogens (tertiary/aromatic N) is 1. The molecule has 2 aromatic rings. The fraction of sp³-hybridized carbons (Fsp3) is 0.381. The lowest BCUT2D eigenvalue weighted by molar-refractivity contribution is 0.114. The van der Waals surface area contributed by atoms with Gasteiger partial charge in [-0.15, -0.1) is 0 Å². The standard InChI is InChI=1S/C21H27F2N3O2/c1-4-24-21(26-15(3)19-9-8-16(22)11-20(19)23)25-12-17(27)13-28-18-7-5-6-14(2)10-18/h5-11,15,17,27H,4,12-13H2,1-3H3,(H2,24,25,26). The van der Waals surface area contributed by atoms with Gasteiger partial charge in [0.15, 0.2) is 5.96 Å². The lowest BCUT2D eigenvalue weighted by Gasteiger charge is -2.19. The number of aliphatic hydroxyl groups excluding tert-OH is 1. The minimum atomic E-state index is -0.797. The Morgan fingerprint density at radius 3 is 2.68 bits per heavy atom. The second-order valence-electron chi connectivity index (χ2n) is 6.53. The maximum absolute atomic E-state index is 13.9. The van der Waals surface area contributed by atoms with E-state index in [1.807, 2.05) is 38.1 Å². The Labute approximate surface area is 164 Å². The highest BCUT2D eigenvalue weighted by Crippen LogP contribution is 2.17. The van der Waals surface area contributed by atoms with Gasteiger partial charge in [-0.2, -0.15) is 0 Å². The highest BCUT2D eigenvalue weighted by molar-refractivity contribution is 5.80. The van der Waals surface area contributed by atoms with Gasteiger partial charge in [-0.3, -0.25) is 4.99 Å². The van der Waals surface area contributed by atoms with Gasteiger partial charge in [-0.1, -0.05) is 18.2 Å². The number of aliphatic hydroxyl groups is 1. The number of ether oxygens (including phenoxy) is 1. The van der Waals surface area contributed by atoms with E-state index in [4.69, 9.17) is 4.74 Å². The SMILES string of the molecule is CCNC(=NCC(O)COc1cccc(C)c1)NC(C)c1ccc(F)cc1F. The predicted octanol–water partition coefficient (Wildman–Crippen LogP) is 3.33. The lowest BCUT2D eigenvalue weighted by atomic mass is 10.1. The third kappa shape index (κ3) is 6.81. The van der Waals surface area contributed by atoms with E-state index in [1.54, 1.807) is 6.92 Å². The van der Waals surface area contributed by atoms with Crippen LogP contribution in [0.5, 0.6) is 5.75 Å². The summed E-state index contributed by atoms with van der Waals surface area (Å²) in [4.78, 5) is 4.32. The van der Waals surface area contributed by atoms with Gasteiger partial charge in [0.2, 0.25) is 0 Å².